The minimum Gasteiger partial charge on any atom is -0.272 e. The second kappa shape index (κ2) is 9.25. The Kier molecular flexibility index (Phi) is 9.03. The topological polar surface area (TPSA) is 40.5 Å². The molecule has 0 amide bonds. The third kappa shape index (κ3) is 5.61. The second-order valence-electron chi connectivity index (χ2n) is 6.80. The fourth-order valence-electron chi connectivity index (χ4n) is 2.17. The Morgan fingerprint density at radius 1 is 0.710 bits per heavy atom. The number of halogens is 11. The lowest BCUT2D eigenvalue weighted by Crippen LogP contribution is -2.63. The predicted molar refractivity (Wildman–Crippen MR) is 87.9 cm³/mol. The van der Waals surface area contributed by atoms with Crippen molar-refractivity contribution in [1.82, 2.24) is 14.0 Å². The van der Waals surface area contributed by atoms with Crippen molar-refractivity contribution in [1.29, 1.82) is 0 Å². The van der Waals surface area contributed by atoms with Crippen LogP contribution in [0, 0.1) is 0 Å². The zero-order valence-electron chi connectivity index (χ0n) is 17.3. The van der Waals surface area contributed by atoms with E-state index in [0.29, 0.717) is 0 Å². The zero-order valence-corrected chi connectivity index (χ0v) is 18.2. The van der Waals surface area contributed by atoms with Crippen LogP contribution in [0.3, 0.4) is 0 Å². The number of ether oxygens (including phenoxy) is 1. The molecule has 0 aliphatic rings. The molecule has 0 aliphatic carbocycles. The van der Waals surface area contributed by atoms with Gasteiger partial charge >= 0.3 is 30.0 Å². The molecule has 0 aromatic heterocycles. The van der Waals surface area contributed by atoms with Crippen molar-refractivity contribution >= 4 is 7.51 Å². The van der Waals surface area contributed by atoms with Gasteiger partial charge in [-0.05, 0) is 42.3 Å². The molecular weight excluding hydrogens is 484 g/mol. The van der Waals surface area contributed by atoms with Crippen LogP contribution in [0.15, 0.2) is 4.91 Å². The first-order valence-electron chi connectivity index (χ1n) is 7.96. The van der Waals surface area contributed by atoms with Crippen LogP contribution < -0.4 is 0 Å². The Labute approximate surface area is 171 Å². The Morgan fingerprint density at radius 3 is 1.35 bits per heavy atom. The Bertz CT molecular complexity index is 640. The smallest absolute Gasteiger partial charge is 0.272 e. The summed E-state index contributed by atoms with van der Waals surface area (Å²) in [5.41, 5.74) is 0. The molecule has 6 nitrogen and oxygen atoms in total. The fourth-order valence-corrected chi connectivity index (χ4v) is 4.98. The van der Waals surface area contributed by atoms with Crippen LogP contribution >= 0.6 is 7.51 Å². The van der Waals surface area contributed by atoms with Crippen molar-refractivity contribution in [2.75, 3.05) is 42.3 Å². The molecule has 0 N–H and O–H groups in total. The molecular formula is C13H22F11N4O2P. The van der Waals surface area contributed by atoms with Gasteiger partial charge in [-0.2, -0.15) is 48.7 Å². The number of nitrogens with zero attached hydrogens (tertiary/aromatic N) is 4. The third-order valence-electron chi connectivity index (χ3n) is 3.71. The van der Waals surface area contributed by atoms with E-state index in [1.54, 1.807) is 0 Å². The molecule has 0 aliphatic heterocycles. The molecule has 0 heterocycles. The van der Waals surface area contributed by atoms with Gasteiger partial charge in [-0.15, -0.1) is 4.91 Å². The van der Waals surface area contributed by atoms with E-state index in [1.165, 1.54) is 56.3 Å². The van der Waals surface area contributed by atoms with Crippen molar-refractivity contribution in [3.05, 3.63) is 0 Å². The molecule has 0 fully saturated rings. The van der Waals surface area contributed by atoms with Crippen LogP contribution in [0.5, 0.6) is 0 Å². The van der Waals surface area contributed by atoms with Gasteiger partial charge in [-0.1, -0.05) is 0 Å². The van der Waals surface area contributed by atoms with Crippen LogP contribution in [0.25, 0.3) is 0 Å². The number of alkyl halides is 11. The van der Waals surface area contributed by atoms with Gasteiger partial charge in [-0.25, -0.2) is 4.39 Å². The average Bonchev–Trinajstić information content (AvgIpc) is 2.52. The van der Waals surface area contributed by atoms with Gasteiger partial charge in [0.15, 0.2) is 7.51 Å². The lowest BCUT2D eigenvalue weighted by atomic mass is 10.1. The van der Waals surface area contributed by atoms with E-state index in [-0.39, 0.29) is 0 Å². The first-order chi connectivity index (χ1) is 13.4. The minimum absolute atomic E-state index is 0.826. The molecule has 188 valence electrons. The van der Waals surface area contributed by atoms with Crippen molar-refractivity contribution in [3.63, 3.8) is 0 Å². The minimum atomic E-state index is -7.08. The summed E-state index contributed by atoms with van der Waals surface area (Å²) in [5.74, 6) is -19.6. The van der Waals surface area contributed by atoms with Crippen molar-refractivity contribution in [2.45, 2.75) is 43.3 Å². The molecule has 18 heteroatoms. The highest BCUT2D eigenvalue weighted by Crippen LogP contribution is 2.56. The van der Waals surface area contributed by atoms with E-state index in [9.17, 15) is 48.3 Å². The number of rotatable bonds is 11. The Balaban J connectivity index is 5.99. The van der Waals surface area contributed by atoms with Gasteiger partial charge in [0.25, 0.3) is 6.36 Å². The second-order valence-corrected chi connectivity index (χ2v) is 10.4. The summed E-state index contributed by atoms with van der Waals surface area (Å²) in [6.07, 6.45) is -17.1. The lowest BCUT2D eigenvalue weighted by Gasteiger charge is -2.40. The molecule has 31 heavy (non-hydrogen) atoms. The maximum absolute atomic E-state index is 13.8. The maximum Gasteiger partial charge on any atom is 0.433 e. The molecule has 0 aromatic rings. The molecule has 0 bridgehead atoms. The van der Waals surface area contributed by atoms with Gasteiger partial charge in [-0.3, -0.25) is 18.7 Å². The van der Waals surface area contributed by atoms with Gasteiger partial charge in [0, 0.05) is 6.92 Å². The highest BCUT2D eigenvalue weighted by molar-refractivity contribution is 7.58. The SMILES string of the molecule is CN(C)P(=NOC(F)(F)C(F)OC(F)(F)C(F)(F)C(F)(F)C(C)(F)F)(N(C)C)N(C)C. The normalized spacial score (nSPS) is 16.4. The molecule has 0 aromatic carbocycles. The number of hydrogen-bond acceptors (Lipinski definition) is 3. The Hall–Kier alpha value is -0.740. The summed E-state index contributed by atoms with van der Waals surface area (Å²) in [6.45, 7) is -0.826. The average molecular weight is 506 g/mol. The quantitative estimate of drug-likeness (QED) is 0.225. The van der Waals surface area contributed by atoms with Crippen LogP contribution in [-0.2, 0) is 9.57 Å². The van der Waals surface area contributed by atoms with Gasteiger partial charge in [0.2, 0.25) is 0 Å². The molecule has 0 saturated heterocycles. The highest BCUT2D eigenvalue weighted by atomic mass is 31.2. The van der Waals surface area contributed by atoms with Gasteiger partial charge in [0.05, 0.1) is 0 Å². The first-order valence-corrected chi connectivity index (χ1v) is 9.56. The molecule has 1 atom stereocenters. The molecule has 0 radical (unpaired) electrons. The third-order valence-corrected chi connectivity index (χ3v) is 7.23. The summed E-state index contributed by atoms with van der Waals surface area (Å²) in [4.78, 5) is 6.80. The summed E-state index contributed by atoms with van der Waals surface area (Å²) in [6, 6.07) is 0. The summed E-state index contributed by atoms with van der Waals surface area (Å²) >= 11 is 0. The predicted octanol–water partition coefficient (Wildman–Crippen LogP) is 4.97. The maximum atomic E-state index is 13.8. The van der Waals surface area contributed by atoms with Crippen LogP contribution in [0.2, 0.25) is 0 Å². The lowest BCUT2D eigenvalue weighted by molar-refractivity contribution is -0.465. The van der Waals surface area contributed by atoms with E-state index >= 15 is 0 Å². The molecule has 0 saturated carbocycles. The standard InChI is InChI=1S/C13H22F11N4O2P/c1-9(15,16)11(19,20)12(21,22)13(23,24)29-8(14)10(17,18)30-25-31(26(2)3,27(4)5)28(6)7/h8H,1-7H3. The van der Waals surface area contributed by atoms with Gasteiger partial charge < -0.3 is 0 Å². The van der Waals surface area contributed by atoms with E-state index < -0.39 is 50.8 Å². The summed E-state index contributed by atoms with van der Waals surface area (Å²) < 4.78 is 152. The first kappa shape index (κ1) is 30.3. The van der Waals surface area contributed by atoms with Crippen LogP contribution in [-0.4, -0.2) is 92.6 Å². The zero-order chi connectivity index (χ0) is 25.4. The van der Waals surface area contributed by atoms with E-state index in [0.717, 1.165) is 0 Å². The van der Waals surface area contributed by atoms with Crippen molar-refractivity contribution in [3.8, 4) is 0 Å². The van der Waals surface area contributed by atoms with Crippen molar-refractivity contribution < 1.29 is 57.9 Å². The van der Waals surface area contributed by atoms with E-state index in [4.69, 9.17) is 0 Å². The van der Waals surface area contributed by atoms with Crippen LogP contribution in [0.4, 0.5) is 48.3 Å². The van der Waals surface area contributed by atoms with Gasteiger partial charge in [0.1, 0.15) is 0 Å². The summed E-state index contributed by atoms with van der Waals surface area (Å²) in [5, 5.41) is 0. The van der Waals surface area contributed by atoms with E-state index in [1.807, 2.05) is 0 Å². The van der Waals surface area contributed by atoms with E-state index in [2.05, 4.69) is 14.5 Å². The van der Waals surface area contributed by atoms with Crippen LogP contribution in [0.1, 0.15) is 6.92 Å². The van der Waals surface area contributed by atoms with Crippen molar-refractivity contribution in [2.24, 2.45) is 4.91 Å². The fraction of sp³-hybridized carbons (Fsp3) is 1.00. The summed E-state index contributed by atoms with van der Waals surface area (Å²) in [7, 11) is 4.69. The monoisotopic (exact) mass is 506 g/mol. The Morgan fingerprint density at radius 2 is 1.06 bits per heavy atom. The molecule has 0 rings (SSSR count). The largest absolute Gasteiger partial charge is 0.433 e. The highest BCUT2D eigenvalue weighted by Gasteiger charge is 2.81. The molecule has 0 spiro atoms. The molecule has 1 unspecified atom stereocenters. The number of hydrogen-bond donors (Lipinski definition) is 0.